The smallest absolute Gasteiger partial charge is 0.338 e. The molecule has 3 atom stereocenters. The van der Waals surface area contributed by atoms with E-state index in [1.807, 2.05) is 39.8 Å². The van der Waals surface area contributed by atoms with Crippen molar-refractivity contribution >= 4 is 11.9 Å². The summed E-state index contributed by atoms with van der Waals surface area (Å²) in [5, 5.41) is 15.1. The van der Waals surface area contributed by atoms with Crippen LogP contribution in [0.1, 0.15) is 65.9 Å². The van der Waals surface area contributed by atoms with Gasteiger partial charge in [0.05, 0.1) is 50.6 Å². The van der Waals surface area contributed by atoms with E-state index >= 15 is 0 Å². The number of imidazole rings is 1. The topological polar surface area (TPSA) is 124 Å². The zero-order valence-electron chi connectivity index (χ0n) is 26.4. The zero-order valence-corrected chi connectivity index (χ0v) is 26.4. The highest BCUT2D eigenvalue weighted by atomic mass is 16.5. The molecule has 45 heavy (non-hydrogen) atoms. The standard InChI is InChI=1S/C34H44N4O7/c1-4-44-33(40)25-13-14-27(28(20-25)43-3)45-19-15-26-21-35-17-18-37(26)32(39)30-31(24-10-6-5-7-11-24)38(23-36-30)29-12-8-9-16-34(29,41)22-42-2/h5-7,10-11,13-14,20,23,26,29,35,41H,4,8-9,12,15-19,21-22H2,1-3H3/t26-,29-,34-/m1/s1. The lowest BCUT2D eigenvalue weighted by Gasteiger charge is -2.41. The molecule has 0 radical (unpaired) electrons. The van der Waals surface area contributed by atoms with Crippen LogP contribution < -0.4 is 14.8 Å². The number of methoxy groups -OCH3 is 2. The molecule has 1 aliphatic carbocycles. The van der Waals surface area contributed by atoms with Gasteiger partial charge in [-0.15, -0.1) is 0 Å². The van der Waals surface area contributed by atoms with Crippen LogP contribution in [0.5, 0.6) is 11.5 Å². The predicted octanol–water partition coefficient (Wildman–Crippen LogP) is 4.11. The molecule has 2 aromatic carbocycles. The number of nitrogens with zero attached hydrogens (tertiary/aromatic N) is 3. The van der Waals surface area contributed by atoms with Gasteiger partial charge in [0.15, 0.2) is 17.2 Å². The number of hydrogen-bond donors (Lipinski definition) is 2. The van der Waals surface area contributed by atoms with E-state index in [1.54, 1.807) is 38.6 Å². The minimum atomic E-state index is -1.05. The Morgan fingerprint density at radius 1 is 1.11 bits per heavy atom. The molecule has 1 aliphatic heterocycles. The molecule has 2 fully saturated rings. The van der Waals surface area contributed by atoms with Gasteiger partial charge < -0.3 is 38.8 Å². The summed E-state index contributed by atoms with van der Waals surface area (Å²) in [7, 11) is 3.13. The molecule has 1 saturated heterocycles. The van der Waals surface area contributed by atoms with E-state index < -0.39 is 11.6 Å². The van der Waals surface area contributed by atoms with E-state index in [4.69, 9.17) is 23.9 Å². The number of aromatic nitrogens is 2. The molecule has 0 bridgehead atoms. The lowest BCUT2D eigenvalue weighted by molar-refractivity contribution is -0.0893. The maximum absolute atomic E-state index is 14.3. The first-order chi connectivity index (χ1) is 21.9. The van der Waals surface area contributed by atoms with Gasteiger partial charge in [-0.1, -0.05) is 43.2 Å². The van der Waals surface area contributed by atoms with Gasteiger partial charge in [0.2, 0.25) is 0 Å². The highest BCUT2D eigenvalue weighted by Crippen LogP contribution is 2.41. The first kappa shape index (κ1) is 32.5. The number of esters is 1. The van der Waals surface area contributed by atoms with Crippen LogP contribution in [0.25, 0.3) is 11.3 Å². The number of benzene rings is 2. The summed E-state index contributed by atoms with van der Waals surface area (Å²) >= 11 is 0. The summed E-state index contributed by atoms with van der Waals surface area (Å²) in [6.07, 6.45) is 5.56. The van der Waals surface area contributed by atoms with Crippen LogP contribution in [0.2, 0.25) is 0 Å². The Kier molecular flexibility index (Phi) is 10.7. The number of nitrogens with one attached hydrogen (secondary N) is 1. The van der Waals surface area contributed by atoms with Crippen LogP contribution in [0.15, 0.2) is 54.9 Å². The van der Waals surface area contributed by atoms with E-state index in [2.05, 4.69) is 5.32 Å². The van der Waals surface area contributed by atoms with Gasteiger partial charge in [0, 0.05) is 44.8 Å². The quantitative estimate of drug-likeness (QED) is 0.288. The number of carbonyl (C=O) groups is 2. The normalized spacial score (nSPS) is 21.7. The lowest BCUT2D eigenvalue weighted by Crippen LogP contribution is -2.54. The fraction of sp³-hybridized carbons (Fsp3) is 0.500. The first-order valence-corrected chi connectivity index (χ1v) is 15.7. The number of hydrogen-bond acceptors (Lipinski definition) is 9. The van der Waals surface area contributed by atoms with Gasteiger partial charge in [-0.3, -0.25) is 4.79 Å². The van der Waals surface area contributed by atoms with Crippen molar-refractivity contribution in [1.82, 2.24) is 19.8 Å². The summed E-state index contributed by atoms with van der Waals surface area (Å²) in [5.41, 5.74) is 1.29. The second kappa shape index (κ2) is 14.9. The predicted molar refractivity (Wildman–Crippen MR) is 169 cm³/mol. The number of rotatable bonds is 12. The fourth-order valence-corrected chi connectivity index (χ4v) is 6.51. The molecular weight excluding hydrogens is 576 g/mol. The van der Waals surface area contributed by atoms with Gasteiger partial charge in [0.1, 0.15) is 5.60 Å². The number of amides is 1. The lowest BCUT2D eigenvalue weighted by atomic mass is 9.80. The van der Waals surface area contributed by atoms with Gasteiger partial charge in [-0.2, -0.15) is 0 Å². The first-order valence-electron chi connectivity index (χ1n) is 15.7. The molecule has 2 N–H and O–H groups in total. The molecule has 0 unspecified atom stereocenters. The molecule has 2 heterocycles. The Labute approximate surface area is 264 Å². The van der Waals surface area contributed by atoms with Crippen LogP contribution in [0, 0.1) is 0 Å². The summed E-state index contributed by atoms with van der Waals surface area (Å²) in [4.78, 5) is 33.0. The molecule has 0 spiro atoms. The molecule has 2 aliphatic rings. The molecule has 242 valence electrons. The summed E-state index contributed by atoms with van der Waals surface area (Å²) in [6, 6.07) is 14.3. The van der Waals surface area contributed by atoms with Crippen LogP contribution in [-0.2, 0) is 9.47 Å². The van der Waals surface area contributed by atoms with Gasteiger partial charge in [-0.05, 0) is 38.0 Å². The van der Waals surface area contributed by atoms with E-state index in [0.717, 1.165) is 24.8 Å². The zero-order chi connectivity index (χ0) is 31.8. The Balaban J connectivity index is 1.37. The second-order valence-electron chi connectivity index (χ2n) is 11.6. The van der Waals surface area contributed by atoms with Gasteiger partial charge in [0.25, 0.3) is 5.91 Å². The fourth-order valence-electron chi connectivity index (χ4n) is 6.51. The van der Waals surface area contributed by atoms with Crippen molar-refractivity contribution in [3.63, 3.8) is 0 Å². The molecule has 1 aromatic heterocycles. The maximum Gasteiger partial charge on any atom is 0.338 e. The summed E-state index contributed by atoms with van der Waals surface area (Å²) < 4.78 is 24.1. The third-order valence-electron chi connectivity index (χ3n) is 8.73. The van der Waals surface area contributed by atoms with Crippen molar-refractivity contribution in [1.29, 1.82) is 0 Å². The van der Waals surface area contributed by atoms with Crippen molar-refractivity contribution in [3.05, 3.63) is 66.1 Å². The van der Waals surface area contributed by atoms with Crippen molar-refractivity contribution in [2.75, 3.05) is 53.7 Å². The third kappa shape index (κ3) is 7.16. The van der Waals surface area contributed by atoms with E-state index in [9.17, 15) is 14.7 Å². The van der Waals surface area contributed by atoms with E-state index in [1.165, 1.54) is 7.11 Å². The Morgan fingerprint density at radius 3 is 2.69 bits per heavy atom. The van der Waals surface area contributed by atoms with Crippen LogP contribution in [0.3, 0.4) is 0 Å². The Morgan fingerprint density at radius 2 is 1.93 bits per heavy atom. The molecule has 1 amide bonds. The monoisotopic (exact) mass is 620 g/mol. The highest BCUT2D eigenvalue weighted by Gasteiger charge is 2.42. The van der Waals surface area contributed by atoms with Crippen molar-refractivity contribution in [3.8, 4) is 22.8 Å². The molecule has 11 nitrogen and oxygen atoms in total. The minimum absolute atomic E-state index is 0.134. The summed E-state index contributed by atoms with van der Waals surface area (Å²) in [6.45, 7) is 4.40. The van der Waals surface area contributed by atoms with Crippen LogP contribution >= 0.6 is 0 Å². The van der Waals surface area contributed by atoms with Crippen molar-refractivity contribution in [2.45, 2.75) is 56.7 Å². The number of ether oxygens (including phenoxy) is 4. The van der Waals surface area contributed by atoms with E-state index in [-0.39, 0.29) is 31.2 Å². The largest absolute Gasteiger partial charge is 0.493 e. The SMILES string of the molecule is CCOC(=O)c1ccc(OCC[C@@H]2CNCCN2C(=O)c2ncn([C@@H]3CCCC[C@@]3(O)COC)c2-c2ccccc2)c(OC)c1. The molecule has 11 heteroatoms. The number of aliphatic hydroxyl groups is 1. The van der Waals surface area contributed by atoms with Crippen LogP contribution in [-0.4, -0.2) is 96.8 Å². The molecule has 5 rings (SSSR count). The second-order valence-corrected chi connectivity index (χ2v) is 11.6. The average molecular weight is 621 g/mol. The van der Waals surface area contributed by atoms with E-state index in [0.29, 0.717) is 67.5 Å². The third-order valence-corrected chi connectivity index (χ3v) is 8.73. The Bertz CT molecular complexity index is 1440. The highest BCUT2D eigenvalue weighted by molar-refractivity contribution is 5.98. The van der Waals surface area contributed by atoms with Gasteiger partial charge >= 0.3 is 5.97 Å². The molecule has 3 aromatic rings. The van der Waals surface area contributed by atoms with Crippen LogP contribution in [0.4, 0.5) is 0 Å². The minimum Gasteiger partial charge on any atom is -0.493 e. The number of carbonyl (C=O) groups excluding carboxylic acids is 2. The average Bonchev–Trinajstić information content (AvgIpc) is 3.50. The number of piperazine rings is 1. The molecular formula is C34H44N4O7. The molecule has 1 saturated carbocycles. The Hall–Kier alpha value is -3.93. The maximum atomic E-state index is 14.3. The summed E-state index contributed by atoms with van der Waals surface area (Å²) in [5.74, 6) is 0.369. The van der Waals surface area contributed by atoms with Crippen molar-refractivity contribution in [2.24, 2.45) is 0 Å². The van der Waals surface area contributed by atoms with Crippen molar-refractivity contribution < 1.29 is 33.6 Å². The van der Waals surface area contributed by atoms with Gasteiger partial charge in [-0.25, -0.2) is 9.78 Å².